The van der Waals surface area contributed by atoms with Gasteiger partial charge in [-0.25, -0.2) is 0 Å². The fourth-order valence-corrected chi connectivity index (χ4v) is 2.30. The van der Waals surface area contributed by atoms with E-state index in [1.54, 1.807) is 0 Å². The van der Waals surface area contributed by atoms with Crippen molar-refractivity contribution >= 4 is 5.91 Å². The highest BCUT2D eigenvalue weighted by molar-refractivity contribution is 5.75. The van der Waals surface area contributed by atoms with E-state index in [0.29, 0.717) is 6.42 Å². The maximum Gasteiger partial charge on any atom is 0.222 e. The Kier molecular flexibility index (Phi) is 12.3. The standard InChI is InChI=1S/C16H33NO6/c1-3-4-5-6-7-8-9-14(21)17(2)10-12(19)15(22)16(23)13(20)11-18/h12-13,15-16,18-20,22-23H,3-11H2,1-2H3/t12-,13-,15+,16-/m1/s1. The zero-order valence-corrected chi connectivity index (χ0v) is 14.3. The summed E-state index contributed by atoms with van der Waals surface area (Å²) in [7, 11) is 1.52. The zero-order valence-electron chi connectivity index (χ0n) is 14.3. The number of likely N-dealkylation sites (N-methyl/N-ethyl adjacent to an activating group) is 1. The molecular weight excluding hydrogens is 302 g/mol. The fraction of sp³-hybridized carbons (Fsp3) is 0.938. The lowest BCUT2D eigenvalue weighted by Gasteiger charge is -2.28. The van der Waals surface area contributed by atoms with Gasteiger partial charge in [-0.05, 0) is 6.42 Å². The van der Waals surface area contributed by atoms with Crippen molar-refractivity contribution in [2.24, 2.45) is 0 Å². The van der Waals surface area contributed by atoms with Gasteiger partial charge < -0.3 is 30.4 Å². The molecule has 138 valence electrons. The Morgan fingerprint density at radius 1 is 0.913 bits per heavy atom. The van der Waals surface area contributed by atoms with Gasteiger partial charge in [0.1, 0.15) is 24.4 Å². The molecule has 0 rings (SSSR count). The highest BCUT2D eigenvalue weighted by Crippen LogP contribution is 2.10. The number of nitrogens with zero attached hydrogens (tertiary/aromatic N) is 1. The first-order valence-electron chi connectivity index (χ1n) is 8.42. The Bertz CT molecular complexity index is 315. The Labute approximate surface area is 138 Å². The van der Waals surface area contributed by atoms with E-state index in [9.17, 15) is 25.2 Å². The predicted molar refractivity (Wildman–Crippen MR) is 86.7 cm³/mol. The van der Waals surface area contributed by atoms with E-state index in [1.807, 2.05) is 0 Å². The van der Waals surface area contributed by atoms with Gasteiger partial charge in [-0.15, -0.1) is 0 Å². The average molecular weight is 335 g/mol. The van der Waals surface area contributed by atoms with E-state index < -0.39 is 31.0 Å². The Morgan fingerprint density at radius 2 is 1.43 bits per heavy atom. The molecule has 0 aliphatic rings. The van der Waals surface area contributed by atoms with Crippen LogP contribution in [0.25, 0.3) is 0 Å². The molecule has 0 spiro atoms. The molecule has 0 saturated heterocycles. The van der Waals surface area contributed by atoms with Crippen LogP contribution < -0.4 is 0 Å². The molecule has 0 aliphatic heterocycles. The number of carbonyl (C=O) groups is 1. The molecule has 7 nitrogen and oxygen atoms in total. The molecule has 0 bridgehead atoms. The van der Waals surface area contributed by atoms with E-state index in [4.69, 9.17) is 5.11 Å². The lowest BCUT2D eigenvalue weighted by atomic mass is 10.0. The van der Waals surface area contributed by atoms with Crippen LogP contribution in [0.4, 0.5) is 0 Å². The second-order valence-electron chi connectivity index (χ2n) is 6.09. The smallest absolute Gasteiger partial charge is 0.222 e. The molecule has 0 aromatic rings. The summed E-state index contributed by atoms with van der Waals surface area (Å²) in [5.41, 5.74) is 0. The Balaban J connectivity index is 4.05. The van der Waals surface area contributed by atoms with Crippen LogP contribution in [-0.4, -0.2) is 81.0 Å². The van der Waals surface area contributed by atoms with Crippen molar-refractivity contribution < 1.29 is 30.3 Å². The predicted octanol–water partition coefficient (Wildman–Crippen LogP) is -0.369. The molecule has 0 aliphatic carbocycles. The monoisotopic (exact) mass is 335 g/mol. The fourth-order valence-electron chi connectivity index (χ4n) is 2.30. The van der Waals surface area contributed by atoms with Crippen molar-refractivity contribution in [3.05, 3.63) is 0 Å². The summed E-state index contributed by atoms with van der Waals surface area (Å²) in [6.45, 7) is 1.28. The molecule has 4 atom stereocenters. The van der Waals surface area contributed by atoms with E-state index in [1.165, 1.54) is 31.2 Å². The number of rotatable bonds is 13. The Hall–Kier alpha value is -0.730. The third-order valence-corrected chi connectivity index (χ3v) is 3.96. The summed E-state index contributed by atoms with van der Waals surface area (Å²) in [5, 5.41) is 47.0. The lowest BCUT2D eigenvalue weighted by molar-refractivity contribution is -0.138. The van der Waals surface area contributed by atoms with Crippen molar-refractivity contribution in [3.8, 4) is 0 Å². The van der Waals surface area contributed by atoms with Crippen LogP contribution in [0.15, 0.2) is 0 Å². The van der Waals surface area contributed by atoms with Gasteiger partial charge >= 0.3 is 0 Å². The van der Waals surface area contributed by atoms with Gasteiger partial charge in [0.15, 0.2) is 0 Å². The minimum absolute atomic E-state index is 0.135. The molecule has 23 heavy (non-hydrogen) atoms. The topological polar surface area (TPSA) is 121 Å². The zero-order chi connectivity index (χ0) is 17.8. The van der Waals surface area contributed by atoms with Crippen LogP contribution in [-0.2, 0) is 4.79 Å². The van der Waals surface area contributed by atoms with Gasteiger partial charge in [0.2, 0.25) is 5.91 Å². The van der Waals surface area contributed by atoms with Crippen LogP contribution >= 0.6 is 0 Å². The quantitative estimate of drug-likeness (QED) is 0.293. The third-order valence-electron chi connectivity index (χ3n) is 3.96. The summed E-state index contributed by atoms with van der Waals surface area (Å²) in [6, 6.07) is 0. The first-order chi connectivity index (χ1) is 10.8. The SMILES string of the molecule is CCCCCCCCC(=O)N(C)C[C@@H](O)[C@H](O)[C@H](O)[C@H](O)CO. The molecule has 0 fully saturated rings. The average Bonchev–Trinajstić information content (AvgIpc) is 2.55. The molecule has 0 heterocycles. The number of hydrogen-bond acceptors (Lipinski definition) is 6. The van der Waals surface area contributed by atoms with E-state index in [2.05, 4.69) is 6.92 Å². The highest BCUT2D eigenvalue weighted by Gasteiger charge is 2.31. The van der Waals surface area contributed by atoms with Crippen LogP contribution in [0, 0.1) is 0 Å². The molecule has 7 heteroatoms. The van der Waals surface area contributed by atoms with Crippen LogP contribution in [0.5, 0.6) is 0 Å². The first-order valence-corrected chi connectivity index (χ1v) is 8.42. The lowest BCUT2D eigenvalue weighted by Crippen LogP contribution is -2.49. The van der Waals surface area contributed by atoms with Crippen molar-refractivity contribution in [1.29, 1.82) is 0 Å². The van der Waals surface area contributed by atoms with E-state index >= 15 is 0 Å². The summed E-state index contributed by atoms with van der Waals surface area (Å²) in [6.07, 6.45) is 0.593. The van der Waals surface area contributed by atoms with Crippen molar-refractivity contribution in [1.82, 2.24) is 4.90 Å². The minimum atomic E-state index is -1.67. The molecule has 0 aromatic heterocycles. The second-order valence-corrected chi connectivity index (χ2v) is 6.09. The number of unbranched alkanes of at least 4 members (excludes halogenated alkanes) is 5. The number of carbonyl (C=O) groups excluding carboxylic acids is 1. The van der Waals surface area contributed by atoms with Gasteiger partial charge in [-0.2, -0.15) is 0 Å². The van der Waals surface area contributed by atoms with Crippen LogP contribution in [0.3, 0.4) is 0 Å². The first kappa shape index (κ1) is 22.3. The maximum atomic E-state index is 11.9. The number of aliphatic hydroxyl groups is 5. The maximum absolute atomic E-state index is 11.9. The van der Waals surface area contributed by atoms with Crippen LogP contribution in [0.2, 0.25) is 0 Å². The van der Waals surface area contributed by atoms with Gasteiger partial charge in [0.25, 0.3) is 0 Å². The van der Waals surface area contributed by atoms with Crippen molar-refractivity contribution in [2.75, 3.05) is 20.2 Å². The molecule has 0 radical (unpaired) electrons. The molecule has 5 N–H and O–H groups in total. The van der Waals surface area contributed by atoms with Gasteiger partial charge in [0, 0.05) is 20.0 Å². The molecule has 0 aromatic carbocycles. The molecule has 0 unspecified atom stereocenters. The van der Waals surface area contributed by atoms with Gasteiger partial charge in [-0.1, -0.05) is 39.0 Å². The van der Waals surface area contributed by atoms with E-state index in [-0.39, 0.29) is 12.5 Å². The third kappa shape index (κ3) is 9.22. The van der Waals surface area contributed by atoms with Crippen LogP contribution in [0.1, 0.15) is 51.9 Å². The summed E-state index contributed by atoms with van der Waals surface area (Å²) in [5.74, 6) is -0.135. The summed E-state index contributed by atoms with van der Waals surface area (Å²) < 4.78 is 0. The normalized spacial score (nSPS) is 16.7. The van der Waals surface area contributed by atoms with E-state index in [0.717, 1.165) is 19.3 Å². The highest BCUT2D eigenvalue weighted by atomic mass is 16.4. The minimum Gasteiger partial charge on any atom is -0.394 e. The van der Waals surface area contributed by atoms with Gasteiger partial charge in [-0.3, -0.25) is 4.79 Å². The number of amides is 1. The second kappa shape index (κ2) is 12.7. The molecular formula is C16H33NO6. The number of hydrogen-bond donors (Lipinski definition) is 5. The Morgan fingerprint density at radius 3 is 2.00 bits per heavy atom. The van der Waals surface area contributed by atoms with Gasteiger partial charge in [0.05, 0.1) is 6.61 Å². The molecule has 1 amide bonds. The number of aliphatic hydroxyl groups excluding tert-OH is 5. The van der Waals surface area contributed by atoms with Crippen molar-refractivity contribution in [2.45, 2.75) is 76.3 Å². The largest absolute Gasteiger partial charge is 0.394 e. The summed E-state index contributed by atoms with van der Waals surface area (Å²) >= 11 is 0. The molecule has 0 saturated carbocycles. The van der Waals surface area contributed by atoms with Crippen molar-refractivity contribution in [3.63, 3.8) is 0 Å². The summed E-state index contributed by atoms with van der Waals surface area (Å²) in [4.78, 5) is 13.2.